The standard InChI is InChI=1S/C16H25N3O2/c1-4-19(5-2)15(20)12-18(3)16(21)14-9-7-6-8-13(14)10-11-17/h6-9H,4-5,10-12,17H2,1-3H3. The van der Waals surface area contributed by atoms with Crippen molar-refractivity contribution in [3.8, 4) is 0 Å². The lowest BCUT2D eigenvalue weighted by Crippen LogP contribution is -2.41. The van der Waals surface area contributed by atoms with E-state index in [9.17, 15) is 9.59 Å². The molecule has 0 radical (unpaired) electrons. The van der Waals surface area contributed by atoms with E-state index in [2.05, 4.69) is 0 Å². The highest BCUT2D eigenvalue weighted by atomic mass is 16.2. The van der Waals surface area contributed by atoms with Crippen LogP contribution in [-0.2, 0) is 11.2 Å². The van der Waals surface area contributed by atoms with Crippen LogP contribution >= 0.6 is 0 Å². The van der Waals surface area contributed by atoms with Crippen LogP contribution in [0, 0.1) is 0 Å². The molecule has 0 aliphatic heterocycles. The van der Waals surface area contributed by atoms with Gasteiger partial charge in [-0.2, -0.15) is 0 Å². The summed E-state index contributed by atoms with van der Waals surface area (Å²) in [6.45, 7) is 5.76. The number of hydrogen-bond donors (Lipinski definition) is 1. The van der Waals surface area contributed by atoms with Crippen molar-refractivity contribution in [3.63, 3.8) is 0 Å². The second-order valence-electron chi connectivity index (χ2n) is 4.92. The molecule has 0 spiro atoms. The Morgan fingerprint density at radius 1 is 1.14 bits per heavy atom. The van der Waals surface area contributed by atoms with Crippen LogP contribution in [0.3, 0.4) is 0 Å². The van der Waals surface area contributed by atoms with Crippen molar-refractivity contribution in [1.82, 2.24) is 9.80 Å². The molecule has 21 heavy (non-hydrogen) atoms. The third-order valence-corrected chi connectivity index (χ3v) is 3.50. The number of benzene rings is 1. The van der Waals surface area contributed by atoms with Gasteiger partial charge in [-0.15, -0.1) is 0 Å². The molecular weight excluding hydrogens is 266 g/mol. The summed E-state index contributed by atoms with van der Waals surface area (Å²) in [5.74, 6) is -0.174. The fourth-order valence-corrected chi connectivity index (χ4v) is 2.26. The molecule has 0 saturated carbocycles. The molecular formula is C16H25N3O2. The molecule has 5 nitrogen and oxygen atoms in total. The van der Waals surface area contributed by atoms with E-state index in [-0.39, 0.29) is 18.4 Å². The summed E-state index contributed by atoms with van der Waals surface area (Å²) in [5, 5.41) is 0. The van der Waals surface area contributed by atoms with Crippen molar-refractivity contribution >= 4 is 11.8 Å². The second-order valence-corrected chi connectivity index (χ2v) is 4.92. The maximum Gasteiger partial charge on any atom is 0.254 e. The second kappa shape index (κ2) is 8.42. The van der Waals surface area contributed by atoms with Gasteiger partial charge in [-0.25, -0.2) is 0 Å². The first kappa shape index (κ1) is 17.2. The van der Waals surface area contributed by atoms with E-state index in [1.165, 1.54) is 4.90 Å². The Balaban J connectivity index is 2.81. The fourth-order valence-electron chi connectivity index (χ4n) is 2.26. The Kier molecular flexibility index (Phi) is 6.88. The van der Waals surface area contributed by atoms with E-state index in [1.807, 2.05) is 32.0 Å². The van der Waals surface area contributed by atoms with Gasteiger partial charge in [0.1, 0.15) is 0 Å². The zero-order valence-electron chi connectivity index (χ0n) is 13.1. The average Bonchev–Trinajstić information content (AvgIpc) is 2.48. The molecule has 0 bridgehead atoms. The van der Waals surface area contributed by atoms with Gasteiger partial charge in [0, 0.05) is 25.7 Å². The quantitative estimate of drug-likeness (QED) is 0.819. The number of nitrogens with zero attached hydrogens (tertiary/aromatic N) is 2. The van der Waals surface area contributed by atoms with Gasteiger partial charge >= 0.3 is 0 Å². The predicted octanol–water partition coefficient (Wildman–Crippen LogP) is 1.13. The minimum atomic E-state index is -0.139. The Morgan fingerprint density at radius 2 is 1.76 bits per heavy atom. The van der Waals surface area contributed by atoms with Gasteiger partial charge in [-0.1, -0.05) is 18.2 Å². The fraction of sp³-hybridized carbons (Fsp3) is 0.500. The highest BCUT2D eigenvalue weighted by Gasteiger charge is 2.19. The average molecular weight is 291 g/mol. The molecule has 0 aromatic heterocycles. The molecule has 0 heterocycles. The topological polar surface area (TPSA) is 66.6 Å². The third kappa shape index (κ3) is 4.56. The Morgan fingerprint density at radius 3 is 2.33 bits per heavy atom. The van der Waals surface area contributed by atoms with Gasteiger partial charge in [0.25, 0.3) is 5.91 Å². The summed E-state index contributed by atoms with van der Waals surface area (Å²) in [6, 6.07) is 7.40. The van der Waals surface area contributed by atoms with Crippen LogP contribution in [0.2, 0.25) is 0 Å². The van der Waals surface area contributed by atoms with Crippen LogP contribution in [0.4, 0.5) is 0 Å². The molecule has 0 atom stereocenters. The Labute approximate surface area is 126 Å². The Hall–Kier alpha value is -1.88. The minimum Gasteiger partial charge on any atom is -0.342 e. The minimum absolute atomic E-state index is 0.0350. The number of likely N-dealkylation sites (N-methyl/N-ethyl adjacent to an activating group) is 2. The normalized spacial score (nSPS) is 10.3. The molecule has 5 heteroatoms. The van der Waals surface area contributed by atoms with Crippen LogP contribution in [0.15, 0.2) is 24.3 Å². The lowest BCUT2D eigenvalue weighted by Gasteiger charge is -2.23. The molecule has 0 saturated heterocycles. The van der Waals surface area contributed by atoms with Crippen molar-refractivity contribution in [3.05, 3.63) is 35.4 Å². The van der Waals surface area contributed by atoms with E-state index >= 15 is 0 Å². The van der Waals surface area contributed by atoms with Crippen molar-refractivity contribution in [2.24, 2.45) is 5.73 Å². The van der Waals surface area contributed by atoms with Crippen LogP contribution < -0.4 is 5.73 Å². The summed E-state index contributed by atoms with van der Waals surface area (Å²) >= 11 is 0. The summed E-state index contributed by atoms with van der Waals surface area (Å²) in [4.78, 5) is 27.7. The zero-order valence-corrected chi connectivity index (χ0v) is 13.1. The van der Waals surface area contributed by atoms with Gasteiger partial charge < -0.3 is 15.5 Å². The predicted molar refractivity (Wildman–Crippen MR) is 84.1 cm³/mol. The van der Waals surface area contributed by atoms with Crippen molar-refractivity contribution in [2.75, 3.05) is 33.2 Å². The molecule has 116 valence electrons. The molecule has 1 aromatic rings. The summed E-state index contributed by atoms with van der Waals surface area (Å²) in [7, 11) is 1.66. The van der Waals surface area contributed by atoms with Crippen LogP contribution in [0.5, 0.6) is 0 Å². The maximum atomic E-state index is 12.5. The smallest absolute Gasteiger partial charge is 0.254 e. The summed E-state index contributed by atoms with van der Waals surface area (Å²) in [5.41, 5.74) is 7.12. The molecule has 2 amide bonds. The first-order valence-corrected chi connectivity index (χ1v) is 7.36. The SMILES string of the molecule is CCN(CC)C(=O)CN(C)C(=O)c1ccccc1CCN. The van der Waals surface area contributed by atoms with Crippen LogP contribution in [0.25, 0.3) is 0 Å². The maximum absolute atomic E-state index is 12.5. The van der Waals surface area contributed by atoms with Crippen LogP contribution in [0.1, 0.15) is 29.8 Å². The van der Waals surface area contributed by atoms with Gasteiger partial charge in [-0.05, 0) is 38.4 Å². The number of nitrogens with two attached hydrogens (primary N) is 1. The van der Waals surface area contributed by atoms with E-state index < -0.39 is 0 Å². The van der Waals surface area contributed by atoms with E-state index in [0.717, 1.165) is 5.56 Å². The first-order valence-electron chi connectivity index (χ1n) is 7.36. The lowest BCUT2D eigenvalue weighted by molar-refractivity contribution is -0.131. The van der Waals surface area contributed by atoms with Crippen molar-refractivity contribution < 1.29 is 9.59 Å². The van der Waals surface area contributed by atoms with Crippen molar-refractivity contribution in [1.29, 1.82) is 0 Å². The Bertz CT molecular complexity index is 484. The van der Waals surface area contributed by atoms with Gasteiger partial charge in [0.2, 0.25) is 5.91 Å². The zero-order chi connectivity index (χ0) is 15.8. The lowest BCUT2D eigenvalue weighted by atomic mass is 10.0. The molecule has 0 aliphatic rings. The van der Waals surface area contributed by atoms with Crippen LogP contribution in [-0.4, -0.2) is 54.8 Å². The third-order valence-electron chi connectivity index (χ3n) is 3.50. The molecule has 1 aromatic carbocycles. The van der Waals surface area contributed by atoms with Gasteiger partial charge in [-0.3, -0.25) is 9.59 Å². The van der Waals surface area contributed by atoms with Gasteiger partial charge in [0.05, 0.1) is 6.54 Å². The number of hydrogen-bond acceptors (Lipinski definition) is 3. The highest BCUT2D eigenvalue weighted by molar-refractivity contribution is 5.97. The molecule has 0 aliphatic carbocycles. The molecule has 1 rings (SSSR count). The monoisotopic (exact) mass is 291 g/mol. The summed E-state index contributed by atoms with van der Waals surface area (Å²) < 4.78 is 0. The highest BCUT2D eigenvalue weighted by Crippen LogP contribution is 2.12. The number of rotatable bonds is 7. The summed E-state index contributed by atoms with van der Waals surface area (Å²) in [6.07, 6.45) is 0.653. The largest absolute Gasteiger partial charge is 0.342 e. The number of amides is 2. The number of carbonyl (C=O) groups excluding carboxylic acids is 2. The van der Waals surface area contributed by atoms with E-state index in [1.54, 1.807) is 18.0 Å². The molecule has 0 fully saturated rings. The molecule has 0 unspecified atom stereocenters. The van der Waals surface area contributed by atoms with Gasteiger partial charge in [0.15, 0.2) is 0 Å². The van der Waals surface area contributed by atoms with Crippen molar-refractivity contribution in [2.45, 2.75) is 20.3 Å². The number of carbonyl (C=O) groups is 2. The van der Waals surface area contributed by atoms with E-state index in [4.69, 9.17) is 5.73 Å². The van der Waals surface area contributed by atoms with E-state index in [0.29, 0.717) is 31.6 Å². The first-order chi connectivity index (χ1) is 10.0. The molecule has 2 N–H and O–H groups in total.